The van der Waals surface area contributed by atoms with Crippen LogP contribution in [0.25, 0.3) is 0 Å². The molecule has 0 amide bonds. The maximum absolute atomic E-state index is 12.1. The van der Waals surface area contributed by atoms with Gasteiger partial charge in [-0.2, -0.15) is 0 Å². The minimum Gasteiger partial charge on any atom is -0.481 e. The summed E-state index contributed by atoms with van der Waals surface area (Å²) in [6.07, 6.45) is 14.6. The zero-order chi connectivity index (χ0) is 22.6. The SMILES string of the molecule is CC(C)(C)OC(=O)CCCC[C@@H](O)/C=C/[C@H]1C=CC(=O)[C@@H]1C/C=C\CCCC(=O)O. The van der Waals surface area contributed by atoms with Crippen LogP contribution >= 0.6 is 0 Å². The van der Waals surface area contributed by atoms with Gasteiger partial charge < -0.3 is 14.9 Å². The van der Waals surface area contributed by atoms with Crippen molar-refractivity contribution >= 4 is 17.7 Å². The first-order chi connectivity index (χ1) is 14.1. The van der Waals surface area contributed by atoms with Crippen molar-refractivity contribution in [3.63, 3.8) is 0 Å². The first kappa shape index (κ1) is 25.8. The Balaban J connectivity index is 2.32. The lowest BCUT2D eigenvalue weighted by Gasteiger charge is -2.19. The summed E-state index contributed by atoms with van der Waals surface area (Å²) in [5, 5.41) is 18.8. The number of ketones is 1. The number of unbranched alkanes of at least 4 members (excludes halogenated alkanes) is 2. The normalized spacial score (nSPS) is 20.3. The molecule has 0 fully saturated rings. The molecule has 0 aromatic rings. The highest BCUT2D eigenvalue weighted by Crippen LogP contribution is 2.27. The van der Waals surface area contributed by atoms with E-state index in [9.17, 15) is 19.5 Å². The molecule has 168 valence electrons. The molecule has 0 saturated carbocycles. The topological polar surface area (TPSA) is 101 Å². The average molecular weight is 421 g/mol. The van der Waals surface area contributed by atoms with Crippen molar-refractivity contribution in [3.8, 4) is 0 Å². The van der Waals surface area contributed by atoms with Gasteiger partial charge >= 0.3 is 11.9 Å². The molecule has 0 radical (unpaired) electrons. The third-order valence-corrected chi connectivity index (χ3v) is 4.74. The zero-order valence-corrected chi connectivity index (χ0v) is 18.4. The van der Waals surface area contributed by atoms with Crippen molar-refractivity contribution in [2.24, 2.45) is 11.8 Å². The first-order valence-corrected chi connectivity index (χ1v) is 10.8. The quantitative estimate of drug-likeness (QED) is 0.260. The predicted octanol–water partition coefficient (Wildman–Crippen LogP) is 4.38. The molecule has 3 atom stereocenters. The second-order valence-electron chi connectivity index (χ2n) is 8.72. The molecule has 6 heteroatoms. The summed E-state index contributed by atoms with van der Waals surface area (Å²) in [5.74, 6) is -1.16. The van der Waals surface area contributed by atoms with E-state index in [-0.39, 0.29) is 30.0 Å². The smallest absolute Gasteiger partial charge is 0.306 e. The third-order valence-electron chi connectivity index (χ3n) is 4.74. The van der Waals surface area contributed by atoms with E-state index in [4.69, 9.17) is 9.84 Å². The van der Waals surface area contributed by atoms with Crippen molar-refractivity contribution in [1.29, 1.82) is 0 Å². The van der Waals surface area contributed by atoms with E-state index in [1.54, 1.807) is 12.2 Å². The molecule has 2 N–H and O–H groups in total. The maximum atomic E-state index is 12.1. The van der Waals surface area contributed by atoms with Gasteiger partial charge in [0.1, 0.15) is 5.60 Å². The molecule has 0 aromatic heterocycles. The van der Waals surface area contributed by atoms with Crippen LogP contribution in [0.3, 0.4) is 0 Å². The molecule has 0 aromatic carbocycles. The van der Waals surface area contributed by atoms with Gasteiger partial charge in [0.25, 0.3) is 0 Å². The van der Waals surface area contributed by atoms with Gasteiger partial charge in [0.2, 0.25) is 0 Å². The zero-order valence-electron chi connectivity index (χ0n) is 18.4. The Morgan fingerprint density at radius 1 is 1.17 bits per heavy atom. The number of rotatable bonds is 13. The highest BCUT2D eigenvalue weighted by Gasteiger charge is 2.27. The molecule has 0 unspecified atom stereocenters. The number of aliphatic hydroxyl groups is 1. The summed E-state index contributed by atoms with van der Waals surface area (Å²) >= 11 is 0. The van der Waals surface area contributed by atoms with Crippen LogP contribution in [0.2, 0.25) is 0 Å². The van der Waals surface area contributed by atoms with Crippen molar-refractivity contribution in [2.75, 3.05) is 0 Å². The molecule has 0 bridgehead atoms. The van der Waals surface area contributed by atoms with Gasteiger partial charge in [0.15, 0.2) is 5.78 Å². The van der Waals surface area contributed by atoms with Crippen molar-refractivity contribution in [3.05, 3.63) is 36.5 Å². The molecular weight excluding hydrogens is 384 g/mol. The van der Waals surface area contributed by atoms with Gasteiger partial charge in [-0.15, -0.1) is 0 Å². The van der Waals surface area contributed by atoms with E-state index < -0.39 is 17.7 Å². The van der Waals surface area contributed by atoms with E-state index in [1.807, 2.05) is 45.1 Å². The average Bonchev–Trinajstić information content (AvgIpc) is 2.98. The second-order valence-corrected chi connectivity index (χ2v) is 8.72. The van der Waals surface area contributed by atoms with Crippen LogP contribution in [0.15, 0.2) is 36.5 Å². The molecule has 0 aliphatic heterocycles. The lowest BCUT2D eigenvalue weighted by Crippen LogP contribution is -2.23. The number of allylic oxidation sites excluding steroid dienone is 5. The Bertz CT molecular complexity index is 653. The van der Waals surface area contributed by atoms with Gasteiger partial charge in [0.05, 0.1) is 6.10 Å². The number of aliphatic hydroxyl groups excluding tert-OH is 1. The number of ether oxygens (including phenoxy) is 1. The van der Waals surface area contributed by atoms with Crippen LogP contribution in [-0.2, 0) is 19.1 Å². The van der Waals surface area contributed by atoms with Crippen molar-refractivity contribution in [1.82, 2.24) is 0 Å². The summed E-state index contributed by atoms with van der Waals surface area (Å²) in [5.41, 5.74) is -0.476. The number of aliphatic carboxylic acids is 1. The monoisotopic (exact) mass is 420 g/mol. The van der Waals surface area contributed by atoms with E-state index in [2.05, 4.69) is 0 Å². The standard InChI is InChI=1S/C24H36O6/c1-24(2,3)30-23(29)13-9-8-10-19(25)16-14-18-15-17-21(26)20(18)11-6-4-5-7-12-22(27)28/h4,6,14-20,25H,5,7-13H2,1-3H3,(H,27,28)/b6-4-,16-14+/t18-,19+,20+/m0/s1. The minimum absolute atomic E-state index is 0.0439. The molecule has 0 spiro atoms. The Labute approximate surface area is 179 Å². The maximum Gasteiger partial charge on any atom is 0.306 e. The second kappa shape index (κ2) is 13.2. The van der Waals surface area contributed by atoms with Crippen LogP contribution in [0, 0.1) is 11.8 Å². The van der Waals surface area contributed by atoms with Gasteiger partial charge in [-0.1, -0.05) is 30.4 Å². The molecule has 6 nitrogen and oxygen atoms in total. The number of carboxylic acid groups (broad SMARTS) is 1. The summed E-state index contributed by atoms with van der Waals surface area (Å²) < 4.78 is 5.26. The van der Waals surface area contributed by atoms with Crippen LogP contribution in [-0.4, -0.2) is 39.6 Å². The van der Waals surface area contributed by atoms with Crippen LogP contribution in [0.5, 0.6) is 0 Å². The Kier molecular flexibility index (Phi) is 11.3. The van der Waals surface area contributed by atoms with Gasteiger partial charge in [0, 0.05) is 24.7 Å². The number of carboxylic acids is 1. The van der Waals surface area contributed by atoms with Crippen LogP contribution in [0.4, 0.5) is 0 Å². The highest BCUT2D eigenvalue weighted by molar-refractivity contribution is 5.95. The van der Waals surface area contributed by atoms with Gasteiger partial charge in [-0.3, -0.25) is 14.4 Å². The Hall–Kier alpha value is -2.21. The minimum atomic E-state index is -0.799. The molecule has 0 saturated heterocycles. The van der Waals surface area contributed by atoms with E-state index in [1.165, 1.54) is 0 Å². The number of hydrogen-bond donors (Lipinski definition) is 2. The Morgan fingerprint density at radius 2 is 1.90 bits per heavy atom. The van der Waals surface area contributed by atoms with E-state index in [0.29, 0.717) is 44.9 Å². The summed E-state index contributed by atoms with van der Waals surface area (Å²) in [6, 6.07) is 0. The van der Waals surface area contributed by atoms with Gasteiger partial charge in [-0.05, 0) is 65.4 Å². The fourth-order valence-electron chi connectivity index (χ4n) is 3.22. The number of esters is 1. The lowest BCUT2D eigenvalue weighted by atomic mass is 9.90. The summed E-state index contributed by atoms with van der Waals surface area (Å²) in [7, 11) is 0. The molecule has 1 aliphatic rings. The fourth-order valence-corrected chi connectivity index (χ4v) is 3.22. The fraction of sp³-hybridized carbons (Fsp3) is 0.625. The Morgan fingerprint density at radius 3 is 2.57 bits per heavy atom. The number of carbonyl (C=O) groups excluding carboxylic acids is 2. The first-order valence-electron chi connectivity index (χ1n) is 10.8. The highest BCUT2D eigenvalue weighted by atomic mass is 16.6. The molecule has 1 aliphatic carbocycles. The van der Waals surface area contributed by atoms with Crippen molar-refractivity contribution in [2.45, 2.75) is 83.8 Å². The predicted molar refractivity (Wildman–Crippen MR) is 116 cm³/mol. The molecule has 30 heavy (non-hydrogen) atoms. The molecule has 0 heterocycles. The van der Waals surface area contributed by atoms with Crippen LogP contribution in [0.1, 0.15) is 72.1 Å². The summed E-state index contributed by atoms with van der Waals surface area (Å²) in [6.45, 7) is 5.51. The van der Waals surface area contributed by atoms with Gasteiger partial charge in [-0.25, -0.2) is 0 Å². The lowest BCUT2D eigenvalue weighted by molar-refractivity contribution is -0.155. The third kappa shape index (κ3) is 11.7. The van der Waals surface area contributed by atoms with E-state index in [0.717, 1.165) is 0 Å². The number of carbonyl (C=O) groups is 3. The molecule has 1 rings (SSSR count). The van der Waals surface area contributed by atoms with Crippen molar-refractivity contribution < 1.29 is 29.3 Å². The van der Waals surface area contributed by atoms with E-state index >= 15 is 0 Å². The number of hydrogen-bond acceptors (Lipinski definition) is 5. The summed E-state index contributed by atoms with van der Waals surface area (Å²) in [4.78, 5) is 34.2. The molecular formula is C24H36O6. The largest absolute Gasteiger partial charge is 0.481 e. The van der Waals surface area contributed by atoms with Crippen LogP contribution < -0.4 is 0 Å².